The fourth-order valence-electron chi connectivity index (χ4n) is 1.92. The van der Waals surface area contributed by atoms with E-state index in [9.17, 15) is 4.79 Å². The van der Waals surface area contributed by atoms with Gasteiger partial charge in [0, 0.05) is 19.8 Å². The lowest BCUT2D eigenvalue weighted by molar-refractivity contribution is -0.135. The van der Waals surface area contributed by atoms with Crippen molar-refractivity contribution < 1.29 is 14.6 Å². The lowest BCUT2D eigenvalue weighted by Crippen LogP contribution is -2.46. The number of aliphatic hydroxyl groups is 1. The molecule has 4 heteroatoms. The minimum absolute atomic E-state index is 0.00600. The van der Waals surface area contributed by atoms with Gasteiger partial charge in [0.2, 0.25) is 5.91 Å². The number of rotatable bonds is 6. The van der Waals surface area contributed by atoms with Crippen molar-refractivity contribution in [2.75, 3.05) is 13.7 Å². The van der Waals surface area contributed by atoms with Crippen molar-refractivity contribution in [2.45, 2.75) is 51.2 Å². The first-order valence-corrected chi connectivity index (χ1v) is 5.98. The summed E-state index contributed by atoms with van der Waals surface area (Å²) < 4.78 is 5.40. The number of methoxy groups -OCH3 is 1. The maximum absolute atomic E-state index is 11.8. The normalized spacial score (nSPS) is 22.0. The number of aliphatic hydroxyl groups excluding tert-OH is 1. The van der Waals surface area contributed by atoms with Gasteiger partial charge in [-0.05, 0) is 32.1 Å². The van der Waals surface area contributed by atoms with Gasteiger partial charge in [-0.2, -0.15) is 0 Å². The third-order valence-corrected chi connectivity index (χ3v) is 3.71. The summed E-state index contributed by atoms with van der Waals surface area (Å²) >= 11 is 0. The van der Waals surface area contributed by atoms with Gasteiger partial charge in [-0.3, -0.25) is 4.79 Å². The molecule has 0 aromatic heterocycles. The molecule has 2 N–H and O–H groups in total. The molecular formula is C12H23NO3. The first kappa shape index (κ1) is 13.5. The second-order valence-corrected chi connectivity index (χ2v) is 4.93. The quantitative estimate of drug-likeness (QED) is 0.716. The highest BCUT2D eigenvalue weighted by Crippen LogP contribution is 2.37. The van der Waals surface area contributed by atoms with Gasteiger partial charge in [-0.25, -0.2) is 0 Å². The predicted octanol–water partition coefficient (Wildman–Crippen LogP) is 1.08. The standard InChI is InChI=1S/C12H23NO3/c1-9(8-14)10(2)13-11(15)7-12(16-3)5-4-6-12/h9-10,14H,4-8H2,1-3H3,(H,13,15). The van der Waals surface area contributed by atoms with E-state index in [4.69, 9.17) is 9.84 Å². The number of hydrogen-bond acceptors (Lipinski definition) is 3. The van der Waals surface area contributed by atoms with E-state index in [1.165, 1.54) is 0 Å². The van der Waals surface area contributed by atoms with Crippen LogP contribution in [0.5, 0.6) is 0 Å². The Morgan fingerprint density at radius 2 is 2.12 bits per heavy atom. The highest BCUT2D eigenvalue weighted by molar-refractivity contribution is 5.77. The average molecular weight is 229 g/mol. The second-order valence-electron chi connectivity index (χ2n) is 4.93. The summed E-state index contributed by atoms with van der Waals surface area (Å²) in [6.45, 7) is 3.93. The van der Waals surface area contributed by atoms with Gasteiger partial charge >= 0.3 is 0 Å². The van der Waals surface area contributed by atoms with E-state index in [0.29, 0.717) is 6.42 Å². The van der Waals surface area contributed by atoms with E-state index in [1.807, 2.05) is 13.8 Å². The monoisotopic (exact) mass is 229 g/mol. The molecule has 0 saturated heterocycles. The van der Waals surface area contributed by atoms with Gasteiger partial charge in [-0.15, -0.1) is 0 Å². The molecule has 1 rings (SSSR count). The largest absolute Gasteiger partial charge is 0.396 e. The van der Waals surface area contributed by atoms with Gasteiger partial charge in [-0.1, -0.05) is 6.92 Å². The Morgan fingerprint density at radius 3 is 2.50 bits per heavy atom. The molecule has 1 amide bonds. The first-order valence-electron chi connectivity index (χ1n) is 5.98. The van der Waals surface area contributed by atoms with E-state index >= 15 is 0 Å². The van der Waals surface area contributed by atoms with Gasteiger partial charge in [0.05, 0.1) is 12.0 Å². The Labute approximate surface area is 97.4 Å². The maximum atomic E-state index is 11.8. The number of hydrogen-bond donors (Lipinski definition) is 2. The van der Waals surface area contributed by atoms with E-state index in [0.717, 1.165) is 19.3 Å². The van der Waals surface area contributed by atoms with Crippen molar-refractivity contribution in [1.82, 2.24) is 5.32 Å². The molecule has 4 nitrogen and oxygen atoms in total. The lowest BCUT2D eigenvalue weighted by Gasteiger charge is -2.40. The van der Waals surface area contributed by atoms with Crippen LogP contribution in [0, 0.1) is 5.92 Å². The second kappa shape index (κ2) is 5.64. The minimum atomic E-state index is -0.216. The highest BCUT2D eigenvalue weighted by atomic mass is 16.5. The van der Waals surface area contributed by atoms with Crippen LogP contribution >= 0.6 is 0 Å². The zero-order valence-corrected chi connectivity index (χ0v) is 10.5. The maximum Gasteiger partial charge on any atom is 0.223 e. The van der Waals surface area contributed by atoms with Crippen molar-refractivity contribution in [3.05, 3.63) is 0 Å². The molecule has 94 valence electrons. The van der Waals surface area contributed by atoms with Gasteiger partial charge in [0.1, 0.15) is 0 Å². The zero-order chi connectivity index (χ0) is 12.2. The molecule has 1 aliphatic rings. The van der Waals surface area contributed by atoms with Crippen molar-refractivity contribution in [3.8, 4) is 0 Å². The smallest absolute Gasteiger partial charge is 0.223 e. The summed E-state index contributed by atoms with van der Waals surface area (Å²) in [6, 6.07) is 0.00600. The summed E-state index contributed by atoms with van der Waals surface area (Å²) in [5.74, 6) is 0.109. The van der Waals surface area contributed by atoms with Crippen LogP contribution in [0.25, 0.3) is 0 Å². The molecule has 1 fully saturated rings. The Bertz CT molecular complexity index is 233. The summed E-state index contributed by atoms with van der Waals surface area (Å²) in [4.78, 5) is 11.8. The fraction of sp³-hybridized carbons (Fsp3) is 0.917. The SMILES string of the molecule is COC1(CC(=O)NC(C)C(C)CO)CCC1. The molecule has 2 unspecified atom stereocenters. The van der Waals surface area contributed by atoms with Gasteiger partial charge in [0.25, 0.3) is 0 Å². The number of carbonyl (C=O) groups excluding carboxylic acids is 1. The molecule has 16 heavy (non-hydrogen) atoms. The average Bonchev–Trinajstić information content (AvgIpc) is 2.22. The predicted molar refractivity (Wildman–Crippen MR) is 62.1 cm³/mol. The molecule has 0 aromatic carbocycles. The lowest BCUT2D eigenvalue weighted by atomic mass is 9.77. The molecule has 0 radical (unpaired) electrons. The Morgan fingerprint density at radius 1 is 1.50 bits per heavy atom. The van der Waals surface area contributed by atoms with Gasteiger partial charge < -0.3 is 15.2 Å². The van der Waals surface area contributed by atoms with Crippen LogP contribution in [0.4, 0.5) is 0 Å². The van der Waals surface area contributed by atoms with E-state index in [1.54, 1.807) is 7.11 Å². The Kier molecular flexibility index (Phi) is 4.74. The summed E-state index contributed by atoms with van der Waals surface area (Å²) in [7, 11) is 1.67. The minimum Gasteiger partial charge on any atom is -0.396 e. The van der Waals surface area contributed by atoms with E-state index in [2.05, 4.69) is 5.32 Å². The van der Waals surface area contributed by atoms with Crippen LogP contribution < -0.4 is 5.32 Å². The molecule has 0 aromatic rings. The molecule has 1 aliphatic carbocycles. The van der Waals surface area contributed by atoms with Crippen molar-refractivity contribution in [1.29, 1.82) is 0 Å². The molecular weight excluding hydrogens is 206 g/mol. The third-order valence-electron chi connectivity index (χ3n) is 3.71. The van der Waals surface area contributed by atoms with Crippen LogP contribution in [0.1, 0.15) is 39.5 Å². The molecule has 0 heterocycles. The van der Waals surface area contributed by atoms with Gasteiger partial charge in [0.15, 0.2) is 0 Å². The van der Waals surface area contributed by atoms with Crippen LogP contribution in [0.3, 0.4) is 0 Å². The summed E-state index contributed by atoms with van der Waals surface area (Å²) in [5, 5.41) is 11.9. The Balaban J connectivity index is 2.35. The molecule has 0 spiro atoms. The van der Waals surface area contributed by atoms with Crippen molar-refractivity contribution in [3.63, 3.8) is 0 Å². The number of nitrogens with one attached hydrogen (secondary N) is 1. The van der Waals surface area contributed by atoms with E-state index in [-0.39, 0.29) is 30.1 Å². The molecule has 2 atom stereocenters. The van der Waals surface area contributed by atoms with Crippen LogP contribution in [-0.4, -0.2) is 36.4 Å². The van der Waals surface area contributed by atoms with Crippen LogP contribution in [0.15, 0.2) is 0 Å². The summed E-state index contributed by atoms with van der Waals surface area (Å²) in [5.41, 5.74) is -0.216. The van der Waals surface area contributed by atoms with Crippen LogP contribution in [0.2, 0.25) is 0 Å². The third kappa shape index (κ3) is 3.19. The number of carbonyl (C=O) groups is 1. The topological polar surface area (TPSA) is 58.6 Å². The number of ether oxygens (including phenoxy) is 1. The molecule has 0 bridgehead atoms. The molecule has 1 saturated carbocycles. The van der Waals surface area contributed by atoms with Crippen molar-refractivity contribution >= 4 is 5.91 Å². The molecule has 0 aliphatic heterocycles. The zero-order valence-electron chi connectivity index (χ0n) is 10.5. The first-order chi connectivity index (χ1) is 7.53. The van der Waals surface area contributed by atoms with Crippen LogP contribution in [-0.2, 0) is 9.53 Å². The summed E-state index contributed by atoms with van der Waals surface area (Å²) in [6.07, 6.45) is 3.53. The van der Waals surface area contributed by atoms with Crippen molar-refractivity contribution in [2.24, 2.45) is 5.92 Å². The fourth-order valence-corrected chi connectivity index (χ4v) is 1.92. The van der Waals surface area contributed by atoms with E-state index < -0.39 is 0 Å². The number of amides is 1. The Hall–Kier alpha value is -0.610. The highest BCUT2D eigenvalue weighted by Gasteiger charge is 2.39.